The number of ether oxygens (including phenoxy) is 2. The molecule has 9 heteroatoms. The monoisotopic (exact) mass is 474 g/mol. The molecule has 2 aliphatic heterocycles. The molecule has 8 nitrogen and oxygen atoms in total. The van der Waals surface area contributed by atoms with Crippen LogP contribution in [0.5, 0.6) is 5.75 Å². The molecule has 0 N–H and O–H groups in total. The van der Waals surface area contributed by atoms with Crippen molar-refractivity contribution in [3.8, 4) is 5.75 Å². The highest BCUT2D eigenvalue weighted by Gasteiger charge is 2.41. The predicted octanol–water partition coefficient (Wildman–Crippen LogP) is 3.11. The van der Waals surface area contributed by atoms with E-state index >= 15 is 0 Å². The molecule has 2 aromatic rings. The molecule has 0 radical (unpaired) electrons. The molecule has 2 saturated heterocycles. The number of hydrogen-bond acceptors (Lipinski definition) is 5. The Morgan fingerprint density at radius 1 is 1.21 bits per heavy atom. The molecule has 2 fully saturated rings. The van der Waals surface area contributed by atoms with E-state index in [2.05, 4.69) is 5.10 Å². The normalized spacial score (nSPS) is 21.2. The first-order valence-electron chi connectivity index (χ1n) is 11.5. The number of carbonyl (C=O) groups excluding carboxylic acids is 2. The minimum Gasteiger partial charge on any atom is -0.493 e. The second-order valence-corrected chi connectivity index (χ2v) is 9.27. The van der Waals surface area contributed by atoms with Gasteiger partial charge in [0, 0.05) is 55.8 Å². The van der Waals surface area contributed by atoms with Crippen molar-refractivity contribution >= 4 is 23.4 Å². The van der Waals surface area contributed by atoms with Gasteiger partial charge < -0.3 is 19.3 Å². The molecule has 1 atom stereocenters. The Balaban J connectivity index is 1.52. The lowest BCUT2D eigenvalue weighted by Gasteiger charge is -2.43. The van der Waals surface area contributed by atoms with Crippen LogP contribution in [0, 0.1) is 5.41 Å². The lowest BCUT2D eigenvalue weighted by molar-refractivity contribution is -0.139. The zero-order chi connectivity index (χ0) is 23.3. The van der Waals surface area contributed by atoms with E-state index in [4.69, 9.17) is 21.1 Å². The molecule has 2 amide bonds. The van der Waals surface area contributed by atoms with E-state index in [0.29, 0.717) is 75.3 Å². The van der Waals surface area contributed by atoms with Gasteiger partial charge in [-0.15, -0.1) is 0 Å². The van der Waals surface area contributed by atoms with Gasteiger partial charge in [-0.25, -0.2) is 0 Å². The molecule has 2 aliphatic rings. The number of aryl methyl sites for hydroxylation is 1. The fourth-order valence-corrected chi connectivity index (χ4v) is 4.74. The maximum absolute atomic E-state index is 13.2. The zero-order valence-corrected chi connectivity index (χ0v) is 19.8. The molecule has 178 valence electrons. The first kappa shape index (κ1) is 23.6. The number of piperidine rings is 1. The smallest absolute Gasteiger partial charge is 0.257 e. The number of morpholine rings is 1. The standard InChI is InChI=1S/C24H31ClN4O4/c1-2-29-16-19(15-26-29)23(31)28-8-4-7-24(17-28,14-22(30)27-9-11-32-12-10-27)18-33-21-6-3-5-20(25)13-21/h3,5-6,13,15-16H,2,4,7-12,14,17-18H2,1H3. The van der Waals surface area contributed by atoms with E-state index in [0.717, 1.165) is 12.8 Å². The van der Waals surface area contributed by atoms with Gasteiger partial charge in [-0.05, 0) is 38.0 Å². The van der Waals surface area contributed by atoms with Gasteiger partial charge in [0.2, 0.25) is 5.91 Å². The minimum absolute atomic E-state index is 0.0552. The van der Waals surface area contributed by atoms with Crippen molar-refractivity contribution < 1.29 is 19.1 Å². The number of nitrogens with zero attached hydrogens (tertiary/aromatic N) is 4. The fourth-order valence-electron chi connectivity index (χ4n) is 4.56. The lowest BCUT2D eigenvalue weighted by Crippen LogP contribution is -2.52. The van der Waals surface area contributed by atoms with E-state index in [1.54, 1.807) is 29.2 Å². The van der Waals surface area contributed by atoms with Gasteiger partial charge in [-0.1, -0.05) is 17.7 Å². The summed E-state index contributed by atoms with van der Waals surface area (Å²) >= 11 is 6.12. The lowest BCUT2D eigenvalue weighted by atomic mass is 9.77. The van der Waals surface area contributed by atoms with Crippen LogP contribution < -0.4 is 4.74 Å². The zero-order valence-electron chi connectivity index (χ0n) is 19.0. The van der Waals surface area contributed by atoms with Crippen molar-refractivity contribution in [2.45, 2.75) is 32.7 Å². The summed E-state index contributed by atoms with van der Waals surface area (Å²) in [5.41, 5.74) is 0.0923. The maximum atomic E-state index is 13.2. The molecule has 1 aromatic carbocycles. The highest BCUT2D eigenvalue weighted by molar-refractivity contribution is 6.30. The predicted molar refractivity (Wildman–Crippen MR) is 124 cm³/mol. The van der Waals surface area contributed by atoms with Crippen LogP contribution in [0.2, 0.25) is 5.02 Å². The second kappa shape index (κ2) is 10.6. The number of carbonyl (C=O) groups is 2. The van der Waals surface area contributed by atoms with Gasteiger partial charge in [-0.3, -0.25) is 14.3 Å². The number of amides is 2. The maximum Gasteiger partial charge on any atom is 0.257 e. The number of likely N-dealkylation sites (tertiary alicyclic amines) is 1. The summed E-state index contributed by atoms with van der Waals surface area (Å²) in [6.45, 7) is 6.46. The number of rotatable bonds is 7. The van der Waals surface area contributed by atoms with Gasteiger partial charge in [0.25, 0.3) is 5.91 Å². The van der Waals surface area contributed by atoms with Gasteiger partial charge in [0.15, 0.2) is 0 Å². The summed E-state index contributed by atoms with van der Waals surface area (Å²) in [4.78, 5) is 30.1. The van der Waals surface area contributed by atoms with Crippen molar-refractivity contribution in [1.29, 1.82) is 0 Å². The first-order chi connectivity index (χ1) is 16.0. The van der Waals surface area contributed by atoms with Crippen LogP contribution in [0.4, 0.5) is 0 Å². The number of benzene rings is 1. The van der Waals surface area contributed by atoms with Crippen molar-refractivity contribution in [1.82, 2.24) is 19.6 Å². The van der Waals surface area contributed by atoms with Gasteiger partial charge in [0.1, 0.15) is 5.75 Å². The molecule has 0 spiro atoms. The molecule has 1 aromatic heterocycles. The molecule has 3 heterocycles. The second-order valence-electron chi connectivity index (χ2n) is 8.83. The summed E-state index contributed by atoms with van der Waals surface area (Å²) in [5.74, 6) is 0.690. The highest BCUT2D eigenvalue weighted by atomic mass is 35.5. The van der Waals surface area contributed by atoms with Crippen LogP contribution in [-0.4, -0.2) is 77.4 Å². The Kier molecular flexibility index (Phi) is 7.55. The van der Waals surface area contributed by atoms with Crippen molar-refractivity contribution in [2.75, 3.05) is 46.0 Å². The molecule has 0 saturated carbocycles. The third-order valence-corrected chi connectivity index (χ3v) is 6.62. The Morgan fingerprint density at radius 2 is 2.03 bits per heavy atom. The molecule has 1 unspecified atom stereocenters. The summed E-state index contributed by atoms with van der Waals surface area (Å²) in [7, 11) is 0. The van der Waals surface area contributed by atoms with E-state index in [9.17, 15) is 9.59 Å². The molecule has 0 aliphatic carbocycles. The highest BCUT2D eigenvalue weighted by Crippen LogP contribution is 2.36. The first-order valence-corrected chi connectivity index (χ1v) is 11.9. The van der Waals surface area contributed by atoms with Crippen LogP contribution >= 0.6 is 11.6 Å². The number of hydrogen-bond donors (Lipinski definition) is 0. The number of aromatic nitrogens is 2. The van der Waals surface area contributed by atoms with E-state index < -0.39 is 5.41 Å². The van der Waals surface area contributed by atoms with Crippen molar-refractivity contribution in [3.63, 3.8) is 0 Å². The van der Waals surface area contributed by atoms with Gasteiger partial charge in [0.05, 0.1) is 31.6 Å². The Hall–Kier alpha value is -2.58. The van der Waals surface area contributed by atoms with Crippen LogP contribution in [0.15, 0.2) is 36.7 Å². The van der Waals surface area contributed by atoms with E-state index in [1.807, 2.05) is 28.9 Å². The largest absolute Gasteiger partial charge is 0.493 e. The summed E-state index contributed by atoms with van der Waals surface area (Å²) in [6, 6.07) is 7.26. The summed E-state index contributed by atoms with van der Waals surface area (Å²) in [6.07, 6.45) is 5.33. The van der Waals surface area contributed by atoms with Crippen molar-refractivity contribution in [3.05, 3.63) is 47.2 Å². The average molecular weight is 475 g/mol. The quantitative estimate of drug-likeness (QED) is 0.616. The van der Waals surface area contributed by atoms with E-state index in [1.165, 1.54) is 0 Å². The van der Waals surface area contributed by atoms with Gasteiger partial charge in [-0.2, -0.15) is 5.10 Å². The Morgan fingerprint density at radius 3 is 2.76 bits per heavy atom. The van der Waals surface area contributed by atoms with E-state index in [-0.39, 0.29) is 11.8 Å². The van der Waals surface area contributed by atoms with Crippen molar-refractivity contribution in [2.24, 2.45) is 5.41 Å². The average Bonchev–Trinajstić information content (AvgIpc) is 3.32. The van der Waals surface area contributed by atoms with Crippen LogP contribution in [0.1, 0.15) is 36.5 Å². The summed E-state index contributed by atoms with van der Waals surface area (Å²) < 4.78 is 13.3. The van der Waals surface area contributed by atoms with Crippen LogP contribution in [0.3, 0.4) is 0 Å². The molecule has 4 rings (SSSR count). The molecular weight excluding hydrogens is 444 g/mol. The third-order valence-electron chi connectivity index (χ3n) is 6.38. The topological polar surface area (TPSA) is 76.9 Å². The summed E-state index contributed by atoms with van der Waals surface area (Å²) in [5, 5.41) is 4.84. The third kappa shape index (κ3) is 5.86. The van der Waals surface area contributed by atoms with Crippen LogP contribution in [-0.2, 0) is 16.1 Å². The van der Waals surface area contributed by atoms with Crippen LogP contribution in [0.25, 0.3) is 0 Å². The minimum atomic E-state index is -0.480. The molecule has 0 bridgehead atoms. The molecule has 33 heavy (non-hydrogen) atoms. The fraction of sp³-hybridized carbons (Fsp3) is 0.542. The Labute approximate surface area is 199 Å². The molecular formula is C24H31ClN4O4. The Bertz CT molecular complexity index is 975. The van der Waals surface area contributed by atoms with Gasteiger partial charge >= 0.3 is 0 Å². The number of halogens is 1. The SMILES string of the molecule is CCn1cc(C(=O)N2CCCC(COc3cccc(Cl)c3)(CC(=O)N3CCOCC3)C2)cn1.